The molecule has 82 valence electrons. The molecule has 0 aliphatic rings. The lowest BCUT2D eigenvalue weighted by molar-refractivity contribution is 0.104. The second-order valence-corrected chi connectivity index (χ2v) is 3.41. The molecule has 0 atom stereocenters. The van der Waals surface area contributed by atoms with Crippen molar-refractivity contribution in [3.63, 3.8) is 0 Å². The van der Waals surface area contributed by atoms with Crippen molar-refractivity contribution in [2.45, 2.75) is 13.2 Å². The summed E-state index contributed by atoms with van der Waals surface area (Å²) in [5.41, 5.74) is 7.47. The molecule has 0 aliphatic heterocycles. The third-order valence-electron chi connectivity index (χ3n) is 2.11. The van der Waals surface area contributed by atoms with Crippen molar-refractivity contribution in [1.82, 2.24) is 9.97 Å². The van der Waals surface area contributed by atoms with Crippen LogP contribution in [-0.4, -0.2) is 9.97 Å². The first-order chi connectivity index (χ1) is 7.84. The Hall–Kier alpha value is -1.94. The SMILES string of the molecule is Nc1cc(COCc2ccccc2)ncn1. The predicted molar refractivity (Wildman–Crippen MR) is 61.4 cm³/mol. The maximum Gasteiger partial charge on any atom is 0.127 e. The van der Waals surface area contributed by atoms with Gasteiger partial charge in [0.1, 0.15) is 12.1 Å². The number of nitrogens with two attached hydrogens (primary N) is 1. The average Bonchev–Trinajstić information content (AvgIpc) is 2.30. The molecule has 0 fully saturated rings. The zero-order valence-electron chi connectivity index (χ0n) is 8.84. The first kappa shape index (κ1) is 10.6. The third-order valence-corrected chi connectivity index (χ3v) is 2.11. The highest BCUT2D eigenvalue weighted by Gasteiger charge is 1.97. The number of nitrogens with zero attached hydrogens (tertiary/aromatic N) is 2. The van der Waals surface area contributed by atoms with Crippen molar-refractivity contribution >= 4 is 5.82 Å². The number of nitrogen functional groups attached to an aromatic ring is 1. The second kappa shape index (κ2) is 5.23. The molecule has 2 aromatic rings. The van der Waals surface area contributed by atoms with Crippen molar-refractivity contribution in [2.75, 3.05) is 5.73 Å². The molecule has 2 N–H and O–H groups in total. The second-order valence-electron chi connectivity index (χ2n) is 3.41. The van der Waals surface area contributed by atoms with Gasteiger partial charge in [-0.1, -0.05) is 30.3 Å². The molecule has 4 heteroatoms. The van der Waals surface area contributed by atoms with E-state index in [9.17, 15) is 0 Å². The van der Waals surface area contributed by atoms with Gasteiger partial charge in [-0.15, -0.1) is 0 Å². The fourth-order valence-electron chi connectivity index (χ4n) is 1.34. The molecule has 0 aliphatic carbocycles. The van der Waals surface area contributed by atoms with Crippen LogP contribution in [0.25, 0.3) is 0 Å². The van der Waals surface area contributed by atoms with Crippen LogP contribution >= 0.6 is 0 Å². The van der Waals surface area contributed by atoms with E-state index >= 15 is 0 Å². The van der Waals surface area contributed by atoms with E-state index in [-0.39, 0.29) is 0 Å². The lowest BCUT2D eigenvalue weighted by atomic mass is 10.2. The van der Waals surface area contributed by atoms with E-state index in [0.29, 0.717) is 19.0 Å². The lowest BCUT2D eigenvalue weighted by Crippen LogP contribution is -1.99. The highest BCUT2D eigenvalue weighted by atomic mass is 16.5. The quantitative estimate of drug-likeness (QED) is 0.844. The summed E-state index contributed by atoms with van der Waals surface area (Å²) in [5, 5.41) is 0. The van der Waals surface area contributed by atoms with Crippen LogP contribution in [-0.2, 0) is 18.0 Å². The van der Waals surface area contributed by atoms with E-state index in [1.807, 2.05) is 30.3 Å². The van der Waals surface area contributed by atoms with Gasteiger partial charge in [0.15, 0.2) is 0 Å². The van der Waals surface area contributed by atoms with Gasteiger partial charge < -0.3 is 10.5 Å². The minimum atomic E-state index is 0.446. The summed E-state index contributed by atoms with van der Waals surface area (Å²) < 4.78 is 5.51. The van der Waals surface area contributed by atoms with Gasteiger partial charge in [0.25, 0.3) is 0 Å². The van der Waals surface area contributed by atoms with Crippen LogP contribution < -0.4 is 5.73 Å². The van der Waals surface area contributed by atoms with Crippen molar-refractivity contribution in [3.05, 3.63) is 54.0 Å². The van der Waals surface area contributed by atoms with Crippen LogP contribution in [0.2, 0.25) is 0 Å². The predicted octanol–water partition coefficient (Wildman–Crippen LogP) is 1.78. The maximum atomic E-state index is 5.53. The third kappa shape index (κ3) is 3.03. The van der Waals surface area contributed by atoms with Crippen molar-refractivity contribution < 1.29 is 4.74 Å². The molecule has 1 heterocycles. The van der Waals surface area contributed by atoms with Gasteiger partial charge in [-0.25, -0.2) is 9.97 Å². The van der Waals surface area contributed by atoms with Crippen LogP contribution in [0.15, 0.2) is 42.7 Å². The van der Waals surface area contributed by atoms with Crippen LogP contribution in [0.5, 0.6) is 0 Å². The van der Waals surface area contributed by atoms with Gasteiger partial charge in [0.05, 0.1) is 18.9 Å². The molecule has 16 heavy (non-hydrogen) atoms. The van der Waals surface area contributed by atoms with Crippen molar-refractivity contribution in [1.29, 1.82) is 0 Å². The minimum absolute atomic E-state index is 0.446. The fourth-order valence-corrected chi connectivity index (χ4v) is 1.34. The molecule has 4 nitrogen and oxygen atoms in total. The molecule has 1 aromatic carbocycles. The summed E-state index contributed by atoms with van der Waals surface area (Å²) in [5.74, 6) is 0.466. The standard InChI is InChI=1S/C12H13N3O/c13-12-6-11(14-9-15-12)8-16-7-10-4-2-1-3-5-10/h1-6,9H,7-8H2,(H2,13,14,15). The van der Waals surface area contributed by atoms with Gasteiger partial charge in [-0.3, -0.25) is 0 Å². The Morgan fingerprint density at radius 1 is 1.06 bits per heavy atom. The summed E-state index contributed by atoms with van der Waals surface area (Å²) in [4.78, 5) is 7.87. The van der Waals surface area contributed by atoms with Gasteiger partial charge in [0, 0.05) is 6.07 Å². The number of hydrogen-bond acceptors (Lipinski definition) is 4. The first-order valence-electron chi connectivity index (χ1n) is 5.02. The Kier molecular flexibility index (Phi) is 3.46. The number of benzene rings is 1. The summed E-state index contributed by atoms with van der Waals surface area (Å²) in [7, 11) is 0. The summed E-state index contributed by atoms with van der Waals surface area (Å²) in [6, 6.07) is 11.7. The highest BCUT2D eigenvalue weighted by Crippen LogP contribution is 2.05. The number of ether oxygens (including phenoxy) is 1. The summed E-state index contributed by atoms with van der Waals surface area (Å²) >= 11 is 0. The number of rotatable bonds is 4. The molecular formula is C12H13N3O. The molecule has 0 spiro atoms. The van der Waals surface area contributed by atoms with Crippen molar-refractivity contribution in [2.24, 2.45) is 0 Å². The lowest BCUT2D eigenvalue weighted by Gasteiger charge is -2.03. The van der Waals surface area contributed by atoms with Gasteiger partial charge in [-0.2, -0.15) is 0 Å². The van der Waals surface area contributed by atoms with Crippen LogP contribution in [0.4, 0.5) is 5.82 Å². The highest BCUT2D eigenvalue weighted by molar-refractivity contribution is 5.27. The molecular weight excluding hydrogens is 202 g/mol. The maximum absolute atomic E-state index is 5.53. The van der Waals surface area contributed by atoms with E-state index in [2.05, 4.69) is 9.97 Å². The molecule has 0 saturated heterocycles. The summed E-state index contributed by atoms with van der Waals surface area (Å²) in [6.45, 7) is 1.02. The topological polar surface area (TPSA) is 61.0 Å². The molecule has 0 saturated carbocycles. The number of hydrogen-bond donors (Lipinski definition) is 1. The Labute approximate surface area is 94.1 Å². The first-order valence-corrected chi connectivity index (χ1v) is 5.02. The van der Waals surface area contributed by atoms with E-state index in [0.717, 1.165) is 11.3 Å². The van der Waals surface area contributed by atoms with E-state index in [1.165, 1.54) is 6.33 Å². The van der Waals surface area contributed by atoms with Gasteiger partial charge in [0.2, 0.25) is 0 Å². The number of anilines is 1. The molecule has 0 unspecified atom stereocenters. The van der Waals surface area contributed by atoms with Crippen LogP contribution in [0.1, 0.15) is 11.3 Å². The Morgan fingerprint density at radius 2 is 1.88 bits per heavy atom. The molecule has 1 aromatic heterocycles. The van der Waals surface area contributed by atoms with Gasteiger partial charge >= 0.3 is 0 Å². The Balaban J connectivity index is 1.85. The monoisotopic (exact) mass is 215 g/mol. The van der Waals surface area contributed by atoms with Crippen LogP contribution in [0.3, 0.4) is 0 Å². The molecule has 0 bridgehead atoms. The van der Waals surface area contributed by atoms with E-state index in [1.54, 1.807) is 6.07 Å². The molecule has 2 rings (SSSR count). The average molecular weight is 215 g/mol. The largest absolute Gasteiger partial charge is 0.384 e. The normalized spacial score (nSPS) is 10.2. The minimum Gasteiger partial charge on any atom is -0.384 e. The van der Waals surface area contributed by atoms with Crippen molar-refractivity contribution in [3.8, 4) is 0 Å². The molecule has 0 radical (unpaired) electrons. The number of aromatic nitrogens is 2. The zero-order chi connectivity index (χ0) is 11.2. The van der Waals surface area contributed by atoms with Gasteiger partial charge in [-0.05, 0) is 5.56 Å². The smallest absolute Gasteiger partial charge is 0.127 e. The molecule has 0 amide bonds. The summed E-state index contributed by atoms with van der Waals surface area (Å²) in [6.07, 6.45) is 1.44. The zero-order valence-corrected chi connectivity index (χ0v) is 8.84. The van der Waals surface area contributed by atoms with E-state index in [4.69, 9.17) is 10.5 Å². The Morgan fingerprint density at radius 3 is 2.62 bits per heavy atom. The van der Waals surface area contributed by atoms with Crippen LogP contribution in [0, 0.1) is 0 Å². The Bertz CT molecular complexity index is 445. The fraction of sp³-hybridized carbons (Fsp3) is 0.167. The van der Waals surface area contributed by atoms with E-state index < -0.39 is 0 Å².